The average molecular weight is 841 g/mol. The summed E-state index contributed by atoms with van der Waals surface area (Å²) >= 11 is 0. The van der Waals surface area contributed by atoms with Crippen molar-refractivity contribution in [2.24, 2.45) is 11.5 Å². The van der Waals surface area contributed by atoms with Gasteiger partial charge in [0.2, 0.25) is 23.6 Å². The van der Waals surface area contributed by atoms with E-state index in [0.29, 0.717) is 64.7 Å². The van der Waals surface area contributed by atoms with Gasteiger partial charge in [-0.05, 0) is 38.5 Å². The van der Waals surface area contributed by atoms with Crippen molar-refractivity contribution in [3.05, 3.63) is 0 Å². The van der Waals surface area contributed by atoms with Crippen molar-refractivity contribution in [3.63, 3.8) is 0 Å². The van der Waals surface area contributed by atoms with E-state index >= 15 is 0 Å². The van der Waals surface area contributed by atoms with E-state index in [0.717, 1.165) is 0 Å². The molecule has 22 heteroatoms. The van der Waals surface area contributed by atoms with Gasteiger partial charge in [-0.15, -0.1) is 0 Å². The third-order valence-corrected chi connectivity index (χ3v) is 9.33. The Balaban J connectivity index is 1.31. The van der Waals surface area contributed by atoms with Crippen LogP contribution in [-0.2, 0) is 47.6 Å². The van der Waals surface area contributed by atoms with Crippen LogP contribution in [0, 0.1) is 0 Å². The first kappa shape index (κ1) is 51.5. The number of rotatable bonds is 31. The highest BCUT2D eigenvalue weighted by Crippen LogP contribution is 2.22. The van der Waals surface area contributed by atoms with Gasteiger partial charge in [-0.2, -0.15) is 0 Å². The molecule has 338 valence electrons. The summed E-state index contributed by atoms with van der Waals surface area (Å²) in [5.41, 5.74) is 11.7. The molecule has 0 aromatic carbocycles. The van der Waals surface area contributed by atoms with E-state index in [2.05, 4.69) is 21.3 Å². The fourth-order valence-electron chi connectivity index (χ4n) is 5.77. The molecule has 4 amide bonds. The molecule has 2 saturated heterocycles. The molecule has 2 rings (SSSR count). The summed E-state index contributed by atoms with van der Waals surface area (Å²) < 4.78 is 32.6. The number of unbranched alkanes of at least 4 members (excludes halogenated alkanes) is 2. The molecule has 2 fully saturated rings. The van der Waals surface area contributed by atoms with E-state index in [-0.39, 0.29) is 89.0 Å². The second kappa shape index (κ2) is 30.4. The second-order valence-corrected chi connectivity index (χ2v) is 14.1. The summed E-state index contributed by atoms with van der Waals surface area (Å²) in [5, 5.41) is 69.2. The van der Waals surface area contributed by atoms with Gasteiger partial charge in [-0.3, -0.25) is 19.2 Å². The van der Waals surface area contributed by atoms with Crippen molar-refractivity contribution in [1.82, 2.24) is 21.3 Å². The summed E-state index contributed by atoms with van der Waals surface area (Å²) in [5.74, 6) is -0.634. The summed E-state index contributed by atoms with van der Waals surface area (Å²) in [6.07, 6.45) is -4.98. The van der Waals surface area contributed by atoms with Gasteiger partial charge in [0.05, 0.1) is 51.7 Å². The Kier molecular flexibility index (Phi) is 26.9. The molecule has 14 N–H and O–H groups in total. The predicted molar refractivity (Wildman–Crippen MR) is 203 cm³/mol. The molecule has 2 aliphatic rings. The summed E-state index contributed by atoms with van der Waals surface area (Å²) in [4.78, 5) is 48.1. The quantitative estimate of drug-likeness (QED) is 0.0291. The lowest BCUT2D eigenvalue weighted by molar-refractivity contribution is -0.265. The van der Waals surface area contributed by atoms with Crippen molar-refractivity contribution in [1.29, 1.82) is 0 Å². The molecule has 58 heavy (non-hydrogen) atoms. The number of carbonyl (C=O) groups is 4. The largest absolute Gasteiger partial charge is 0.394 e. The minimum Gasteiger partial charge on any atom is -0.394 e. The molecule has 0 bridgehead atoms. The van der Waals surface area contributed by atoms with Crippen LogP contribution in [0.5, 0.6) is 0 Å². The third kappa shape index (κ3) is 20.5. The minimum absolute atomic E-state index is 0.136. The molecule has 0 aliphatic carbocycles. The third-order valence-electron chi connectivity index (χ3n) is 9.33. The lowest BCUT2D eigenvalue weighted by Gasteiger charge is -2.40. The number of nitrogens with two attached hydrogens (primary N) is 2. The van der Waals surface area contributed by atoms with Gasteiger partial charge in [0.25, 0.3) is 0 Å². The molecule has 0 spiro atoms. The van der Waals surface area contributed by atoms with Crippen LogP contribution in [0.3, 0.4) is 0 Å². The number of hydrogen-bond acceptors (Lipinski definition) is 18. The zero-order valence-electron chi connectivity index (χ0n) is 33.3. The Labute approximate surface area is 338 Å². The smallest absolute Gasteiger partial charge is 0.222 e. The van der Waals surface area contributed by atoms with Gasteiger partial charge in [0.1, 0.15) is 36.6 Å². The highest BCUT2D eigenvalue weighted by molar-refractivity contribution is 5.77. The molecule has 0 aromatic rings. The van der Waals surface area contributed by atoms with Gasteiger partial charge in [-0.25, -0.2) is 0 Å². The monoisotopic (exact) mass is 840 g/mol. The summed E-state index contributed by atoms with van der Waals surface area (Å²) in [6, 6.07) is -1.93. The van der Waals surface area contributed by atoms with Crippen molar-refractivity contribution in [3.8, 4) is 0 Å². The van der Waals surface area contributed by atoms with Gasteiger partial charge in [-0.1, -0.05) is 0 Å². The van der Waals surface area contributed by atoms with E-state index in [4.69, 9.17) is 39.9 Å². The first-order valence-electron chi connectivity index (χ1n) is 20.1. The van der Waals surface area contributed by atoms with Crippen molar-refractivity contribution in [2.45, 2.75) is 125 Å². The van der Waals surface area contributed by atoms with Gasteiger partial charge < -0.3 is 91.8 Å². The fourth-order valence-corrected chi connectivity index (χ4v) is 5.77. The van der Waals surface area contributed by atoms with Crippen molar-refractivity contribution in [2.75, 3.05) is 79.0 Å². The number of ether oxygens (including phenoxy) is 6. The number of aliphatic hydroxyl groups excluding tert-OH is 6. The molecule has 10 atom stereocenters. The maximum atomic E-state index is 12.0. The van der Waals surface area contributed by atoms with Gasteiger partial charge in [0, 0.05) is 65.1 Å². The molecule has 22 nitrogen and oxygen atoms in total. The molecule has 10 unspecified atom stereocenters. The van der Waals surface area contributed by atoms with Crippen LogP contribution < -0.4 is 32.7 Å². The molecule has 2 heterocycles. The number of carbonyl (C=O) groups excluding carboxylic acids is 4. The first-order chi connectivity index (χ1) is 27.9. The van der Waals surface area contributed by atoms with E-state index in [1.807, 2.05) is 0 Å². The lowest BCUT2D eigenvalue weighted by atomic mass is 9.98. The van der Waals surface area contributed by atoms with E-state index in [9.17, 15) is 49.8 Å². The molecular weight excluding hydrogens is 772 g/mol. The molecule has 0 saturated carbocycles. The van der Waals surface area contributed by atoms with Crippen LogP contribution in [0.2, 0.25) is 0 Å². The maximum Gasteiger partial charge on any atom is 0.222 e. The Hall–Kier alpha value is -2.68. The zero-order chi connectivity index (χ0) is 42.7. The molecular formula is C36H68N6O16. The summed E-state index contributed by atoms with van der Waals surface area (Å²) in [6.45, 7) is 2.00. The Morgan fingerprint density at radius 2 is 0.810 bits per heavy atom. The lowest BCUT2D eigenvalue weighted by Crippen LogP contribution is -2.62. The minimum atomic E-state index is -1.30. The van der Waals surface area contributed by atoms with Crippen molar-refractivity contribution >= 4 is 23.6 Å². The topological polar surface area (TPSA) is 345 Å². The maximum absolute atomic E-state index is 12.0. The van der Waals surface area contributed by atoms with E-state index < -0.39 is 74.5 Å². The number of hydrogen-bond donors (Lipinski definition) is 12. The molecule has 0 aromatic heterocycles. The number of aliphatic hydroxyl groups is 6. The van der Waals surface area contributed by atoms with Crippen LogP contribution in [0.4, 0.5) is 0 Å². The predicted octanol–water partition coefficient (Wildman–Crippen LogP) is -5.05. The van der Waals surface area contributed by atoms with Crippen LogP contribution in [0.15, 0.2) is 0 Å². The fraction of sp³-hybridized carbons (Fsp3) is 0.889. The number of nitrogens with one attached hydrogen (secondary N) is 4. The Morgan fingerprint density at radius 3 is 1.16 bits per heavy atom. The SMILES string of the molecule is NC1C(OCCCCC(=O)NCCCNC(=O)CCOCCOCCC(=O)NCCCNC(=O)CCCCOC2OC(CO)C(O)C(O)C2N)OC(CO)C(O)C1O. The van der Waals surface area contributed by atoms with E-state index in [1.165, 1.54) is 0 Å². The average Bonchev–Trinajstić information content (AvgIpc) is 3.21. The van der Waals surface area contributed by atoms with Crippen LogP contribution >= 0.6 is 0 Å². The van der Waals surface area contributed by atoms with Crippen LogP contribution in [-0.4, -0.2) is 195 Å². The zero-order valence-corrected chi connectivity index (χ0v) is 33.3. The molecule has 2 aliphatic heterocycles. The summed E-state index contributed by atoms with van der Waals surface area (Å²) in [7, 11) is 0. The van der Waals surface area contributed by atoms with E-state index in [1.54, 1.807) is 0 Å². The standard InChI is InChI=1S/C36H68N6O16/c37-29-33(51)31(49)23(21-43)57-35(29)55-15-3-1-7-25(45)39-11-5-13-41-27(47)9-17-53-19-20-54-18-10-28(48)42-14-6-12-40-26(46)8-2-4-16-56-36-30(38)34(52)32(50)24(22-44)58-36/h23-24,29-36,43-44,49-52H,1-22,37-38H2,(H,39,45)(H,40,46)(H,41,47)(H,42,48). The Morgan fingerprint density at radius 1 is 0.466 bits per heavy atom. The first-order valence-corrected chi connectivity index (χ1v) is 20.1. The van der Waals surface area contributed by atoms with Gasteiger partial charge >= 0.3 is 0 Å². The highest BCUT2D eigenvalue weighted by Gasteiger charge is 2.44. The van der Waals surface area contributed by atoms with Crippen molar-refractivity contribution < 1.29 is 78.2 Å². The number of amides is 4. The second-order valence-electron chi connectivity index (χ2n) is 14.1. The Bertz CT molecular complexity index is 1070. The normalized spacial score (nSPS) is 27.2. The van der Waals surface area contributed by atoms with Crippen LogP contribution in [0.1, 0.15) is 64.2 Å². The van der Waals surface area contributed by atoms with Crippen LogP contribution in [0.25, 0.3) is 0 Å². The molecule has 0 radical (unpaired) electrons. The van der Waals surface area contributed by atoms with Gasteiger partial charge in [0.15, 0.2) is 12.6 Å². The highest BCUT2D eigenvalue weighted by atomic mass is 16.7.